The molecule has 0 atom stereocenters. The van der Waals surface area contributed by atoms with Crippen LogP contribution >= 0.6 is 0 Å². The van der Waals surface area contributed by atoms with Crippen molar-refractivity contribution in [2.24, 2.45) is 0 Å². The van der Waals surface area contributed by atoms with Gasteiger partial charge in [-0.3, -0.25) is 0 Å². The molecule has 1 heterocycles. The van der Waals surface area contributed by atoms with Gasteiger partial charge in [0.05, 0.1) is 5.82 Å². The Hall–Kier alpha value is -0.660. The highest BCUT2D eigenvalue weighted by Gasteiger charge is 2.04. The predicted molar refractivity (Wildman–Crippen MR) is 41.1 cm³/mol. The number of hydrogen-bond acceptors (Lipinski definition) is 2. The molecule has 0 radical (unpaired) electrons. The maximum Gasteiger partial charge on any atom is 0.0936 e. The van der Waals surface area contributed by atoms with E-state index in [-0.39, 0.29) is 7.43 Å². The van der Waals surface area contributed by atoms with E-state index in [9.17, 15) is 0 Å². The van der Waals surface area contributed by atoms with Gasteiger partial charge in [0.1, 0.15) is 0 Å². The fourth-order valence-electron chi connectivity index (χ4n) is 0.819. The molecule has 0 saturated carbocycles. The molecule has 0 aromatic heterocycles. The summed E-state index contributed by atoms with van der Waals surface area (Å²) in [5.41, 5.74) is 0. The van der Waals surface area contributed by atoms with Crippen molar-refractivity contribution in [2.75, 3.05) is 20.1 Å². The van der Waals surface area contributed by atoms with Crippen LogP contribution in [0.1, 0.15) is 13.8 Å². The molecular formula is C7H16N2. The minimum Gasteiger partial charge on any atom is -0.372 e. The molecule has 0 aromatic rings. The summed E-state index contributed by atoms with van der Waals surface area (Å²) >= 11 is 0. The highest BCUT2D eigenvalue weighted by molar-refractivity contribution is 4.92. The van der Waals surface area contributed by atoms with Gasteiger partial charge in [0.25, 0.3) is 0 Å². The van der Waals surface area contributed by atoms with E-state index in [1.165, 1.54) is 6.42 Å². The first kappa shape index (κ1) is 8.34. The van der Waals surface area contributed by atoms with E-state index < -0.39 is 0 Å². The molecule has 1 N–H and O–H groups in total. The Bertz CT molecular complexity index is 99.1. The van der Waals surface area contributed by atoms with Gasteiger partial charge >= 0.3 is 0 Å². The summed E-state index contributed by atoms with van der Waals surface area (Å²) in [6.45, 7) is 6.04. The highest BCUT2D eigenvalue weighted by Crippen LogP contribution is 2.00. The molecule has 1 aliphatic rings. The number of rotatable bonds is 0. The Kier molecular flexibility index (Phi) is 3.13. The van der Waals surface area contributed by atoms with Crippen LogP contribution in [-0.2, 0) is 0 Å². The zero-order chi connectivity index (χ0) is 5.98. The maximum absolute atomic E-state index is 3.81. The standard InChI is InChI=1S/C6H12N2.CH4/c1-6-7-4-3-5-8(6)2;/h7H,1,3-5H2,2H3;1H4. The molecule has 2 nitrogen and oxygen atoms in total. The molecule has 54 valence electrons. The van der Waals surface area contributed by atoms with Gasteiger partial charge in [0, 0.05) is 20.1 Å². The molecule has 1 aliphatic heterocycles. The van der Waals surface area contributed by atoms with Crippen molar-refractivity contribution in [3.05, 3.63) is 12.4 Å². The van der Waals surface area contributed by atoms with Gasteiger partial charge in [-0.1, -0.05) is 14.0 Å². The molecule has 0 amide bonds. The van der Waals surface area contributed by atoms with Crippen LogP contribution < -0.4 is 5.32 Å². The summed E-state index contributed by atoms with van der Waals surface area (Å²) in [6, 6.07) is 0. The van der Waals surface area contributed by atoms with Crippen LogP contribution in [0.2, 0.25) is 0 Å². The van der Waals surface area contributed by atoms with Crippen molar-refractivity contribution in [1.29, 1.82) is 0 Å². The molecular weight excluding hydrogens is 112 g/mol. The largest absolute Gasteiger partial charge is 0.372 e. The minimum atomic E-state index is 0. The van der Waals surface area contributed by atoms with Crippen LogP contribution in [0.25, 0.3) is 0 Å². The van der Waals surface area contributed by atoms with E-state index in [0.717, 1.165) is 18.9 Å². The van der Waals surface area contributed by atoms with Crippen molar-refractivity contribution in [3.63, 3.8) is 0 Å². The lowest BCUT2D eigenvalue weighted by Crippen LogP contribution is -2.35. The minimum absolute atomic E-state index is 0. The van der Waals surface area contributed by atoms with Crippen LogP contribution in [0, 0.1) is 0 Å². The first-order valence-electron chi connectivity index (χ1n) is 2.94. The smallest absolute Gasteiger partial charge is 0.0936 e. The Balaban J connectivity index is 0.000000640. The normalized spacial score (nSPS) is 18.3. The van der Waals surface area contributed by atoms with E-state index in [1.54, 1.807) is 0 Å². The maximum atomic E-state index is 3.81. The van der Waals surface area contributed by atoms with Gasteiger partial charge in [0.15, 0.2) is 0 Å². The lowest BCUT2D eigenvalue weighted by Gasteiger charge is -2.27. The van der Waals surface area contributed by atoms with Crippen LogP contribution in [0.15, 0.2) is 12.4 Å². The van der Waals surface area contributed by atoms with Crippen molar-refractivity contribution >= 4 is 0 Å². The third-order valence-corrected chi connectivity index (χ3v) is 1.46. The number of nitrogens with one attached hydrogen (secondary N) is 1. The molecule has 0 spiro atoms. The highest BCUT2D eigenvalue weighted by atomic mass is 15.2. The summed E-state index contributed by atoms with van der Waals surface area (Å²) in [6.07, 6.45) is 1.23. The van der Waals surface area contributed by atoms with Gasteiger partial charge in [0.2, 0.25) is 0 Å². The summed E-state index contributed by atoms with van der Waals surface area (Å²) in [5.74, 6) is 1.05. The van der Waals surface area contributed by atoms with Crippen molar-refractivity contribution in [1.82, 2.24) is 10.2 Å². The zero-order valence-electron chi connectivity index (χ0n) is 5.28. The van der Waals surface area contributed by atoms with Crippen LogP contribution in [0.5, 0.6) is 0 Å². The monoisotopic (exact) mass is 128 g/mol. The molecule has 0 aromatic carbocycles. The second kappa shape index (κ2) is 3.38. The lowest BCUT2D eigenvalue weighted by molar-refractivity contribution is 0.336. The van der Waals surface area contributed by atoms with E-state index >= 15 is 0 Å². The molecule has 0 bridgehead atoms. The van der Waals surface area contributed by atoms with E-state index in [1.807, 2.05) is 0 Å². The average molecular weight is 128 g/mol. The van der Waals surface area contributed by atoms with Crippen LogP contribution in [0.4, 0.5) is 0 Å². The first-order chi connectivity index (χ1) is 3.80. The van der Waals surface area contributed by atoms with Gasteiger partial charge in [-0.25, -0.2) is 0 Å². The second-order valence-corrected chi connectivity index (χ2v) is 2.15. The molecule has 0 aliphatic carbocycles. The van der Waals surface area contributed by atoms with Gasteiger partial charge in [-0.05, 0) is 6.42 Å². The topological polar surface area (TPSA) is 15.3 Å². The lowest BCUT2D eigenvalue weighted by atomic mass is 10.3. The molecule has 1 saturated heterocycles. The summed E-state index contributed by atoms with van der Waals surface area (Å²) < 4.78 is 0. The third-order valence-electron chi connectivity index (χ3n) is 1.46. The molecule has 2 heteroatoms. The fraction of sp³-hybridized carbons (Fsp3) is 0.714. The Morgan fingerprint density at radius 2 is 2.33 bits per heavy atom. The first-order valence-corrected chi connectivity index (χ1v) is 2.94. The second-order valence-electron chi connectivity index (χ2n) is 2.15. The quantitative estimate of drug-likeness (QED) is 0.524. The van der Waals surface area contributed by atoms with Crippen molar-refractivity contribution in [2.45, 2.75) is 13.8 Å². The molecule has 0 unspecified atom stereocenters. The van der Waals surface area contributed by atoms with Crippen LogP contribution in [-0.4, -0.2) is 25.0 Å². The molecule has 1 rings (SSSR count). The predicted octanol–water partition coefficient (Wildman–Crippen LogP) is 1.02. The molecule has 9 heavy (non-hydrogen) atoms. The van der Waals surface area contributed by atoms with E-state index in [4.69, 9.17) is 0 Å². The zero-order valence-corrected chi connectivity index (χ0v) is 5.28. The summed E-state index contributed by atoms with van der Waals surface area (Å²) in [4.78, 5) is 2.13. The Labute approximate surface area is 57.5 Å². The fourth-order valence-corrected chi connectivity index (χ4v) is 0.819. The Morgan fingerprint density at radius 1 is 1.67 bits per heavy atom. The van der Waals surface area contributed by atoms with E-state index in [0.29, 0.717) is 0 Å². The van der Waals surface area contributed by atoms with Crippen molar-refractivity contribution < 1.29 is 0 Å². The number of hydrogen-bond donors (Lipinski definition) is 1. The Morgan fingerprint density at radius 3 is 2.67 bits per heavy atom. The van der Waals surface area contributed by atoms with Gasteiger partial charge in [-0.15, -0.1) is 0 Å². The summed E-state index contributed by atoms with van der Waals surface area (Å²) in [7, 11) is 2.05. The number of nitrogens with zero attached hydrogens (tertiary/aromatic N) is 1. The molecule has 1 fully saturated rings. The summed E-state index contributed by atoms with van der Waals surface area (Å²) in [5, 5.41) is 3.16. The average Bonchev–Trinajstić information content (AvgIpc) is 1.77. The SMILES string of the molecule is C.C=C1NCCCN1C. The van der Waals surface area contributed by atoms with Gasteiger partial charge in [-0.2, -0.15) is 0 Å². The third kappa shape index (κ3) is 1.96. The van der Waals surface area contributed by atoms with Crippen molar-refractivity contribution in [3.8, 4) is 0 Å². The van der Waals surface area contributed by atoms with Gasteiger partial charge < -0.3 is 10.2 Å². The van der Waals surface area contributed by atoms with Crippen LogP contribution in [0.3, 0.4) is 0 Å². The van der Waals surface area contributed by atoms with E-state index in [2.05, 4.69) is 23.8 Å².